The molecule has 0 spiro atoms. The normalized spacial score (nSPS) is 18.9. The topological polar surface area (TPSA) is 90.7 Å². The molecule has 0 saturated carbocycles. The van der Waals surface area contributed by atoms with Crippen molar-refractivity contribution < 1.29 is 22.3 Å². The Kier molecular flexibility index (Phi) is 4.48. The fourth-order valence-electron chi connectivity index (χ4n) is 1.69. The molecular formula is C12H20N2O5S. The monoisotopic (exact) mass is 304 g/mol. The lowest BCUT2D eigenvalue weighted by Crippen LogP contribution is -2.40. The molecule has 8 heteroatoms. The summed E-state index contributed by atoms with van der Waals surface area (Å²) in [6.45, 7) is 7.18. The van der Waals surface area contributed by atoms with E-state index in [2.05, 4.69) is 9.71 Å². The van der Waals surface area contributed by atoms with E-state index in [0.717, 1.165) is 0 Å². The van der Waals surface area contributed by atoms with E-state index in [1.165, 1.54) is 6.20 Å². The number of aromatic nitrogens is 1. The molecule has 1 aromatic rings. The number of nitrogens with one attached hydrogen (secondary N) is 1. The molecule has 1 aliphatic heterocycles. The third-order valence-corrected chi connectivity index (χ3v) is 4.08. The molecule has 0 bridgehead atoms. The Morgan fingerprint density at radius 2 is 1.85 bits per heavy atom. The van der Waals surface area contributed by atoms with Crippen LogP contribution in [0, 0.1) is 0 Å². The molecule has 0 aliphatic carbocycles. The van der Waals surface area contributed by atoms with Gasteiger partial charge in [-0.3, -0.25) is 0 Å². The van der Waals surface area contributed by atoms with Gasteiger partial charge in [0.1, 0.15) is 0 Å². The highest BCUT2D eigenvalue weighted by atomic mass is 32.2. The van der Waals surface area contributed by atoms with Crippen molar-refractivity contribution in [2.24, 2.45) is 0 Å². The van der Waals surface area contributed by atoms with Crippen molar-refractivity contribution in [1.29, 1.82) is 0 Å². The fourth-order valence-corrected chi connectivity index (χ4v) is 2.76. The number of hydrogen-bond acceptors (Lipinski definition) is 6. The third kappa shape index (κ3) is 3.78. The standard InChI is InChI=1S/C12H20N2O5S/c1-12(2,3)11-13-6-10(19-11)20(15,16)14-9-7-17-4-5-18-8-9/h6,9,14H,4-5,7-8H2,1-3H3. The summed E-state index contributed by atoms with van der Waals surface area (Å²) in [6, 6.07) is -0.425. The van der Waals surface area contributed by atoms with E-state index in [9.17, 15) is 8.42 Å². The lowest BCUT2D eigenvalue weighted by Gasteiger charge is -2.14. The Morgan fingerprint density at radius 3 is 2.35 bits per heavy atom. The van der Waals surface area contributed by atoms with Gasteiger partial charge in [0.15, 0.2) is 0 Å². The number of nitrogens with zero attached hydrogens (tertiary/aromatic N) is 1. The second kappa shape index (κ2) is 5.80. The van der Waals surface area contributed by atoms with Gasteiger partial charge in [-0.2, -0.15) is 0 Å². The van der Waals surface area contributed by atoms with Gasteiger partial charge in [-0.15, -0.1) is 0 Å². The third-order valence-electron chi connectivity index (χ3n) is 2.72. The van der Waals surface area contributed by atoms with E-state index in [1.54, 1.807) is 0 Å². The molecule has 20 heavy (non-hydrogen) atoms. The number of hydrogen-bond donors (Lipinski definition) is 1. The minimum atomic E-state index is -3.75. The smallest absolute Gasteiger partial charge is 0.276 e. The number of sulfonamides is 1. The van der Waals surface area contributed by atoms with Crippen LogP contribution in [-0.4, -0.2) is 45.9 Å². The van der Waals surface area contributed by atoms with Gasteiger partial charge < -0.3 is 13.9 Å². The van der Waals surface area contributed by atoms with Crippen molar-refractivity contribution in [3.63, 3.8) is 0 Å². The van der Waals surface area contributed by atoms with Crippen LogP contribution in [0.25, 0.3) is 0 Å². The zero-order valence-electron chi connectivity index (χ0n) is 11.9. The molecule has 1 fully saturated rings. The minimum Gasteiger partial charge on any atom is -0.427 e. The van der Waals surface area contributed by atoms with Gasteiger partial charge in [0.25, 0.3) is 15.1 Å². The number of oxazole rings is 1. The zero-order chi connectivity index (χ0) is 14.8. The lowest BCUT2D eigenvalue weighted by molar-refractivity contribution is 0.103. The fraction of sp³-hybridized carbons (Fsp3) is 0.750. The van der Waals surface area contributed by atoms with E-state index in [0.29, 0.717) is 19.1 Å². The summed E-state index contributed by atoms with van der Waals surface area (Å²) in [6.07, 6.45) is 1.22. The molecule has 0 unspecified atom stereocenters. The van der Waals surface area contributed by atoms with Gasteiger partial charge in [-0.1, -0.05) is 20.8 Å². The molecule has 2 rings (SSSR count). The average Bonchev–Trinajstić information content (AvgIpc) is 2.72. The van der Waals surface area contributed by atoms with E-state index in [-0.39, 0.29) is 23.7 Å². The van der Waals surface area contributed by atoms with Gasteiger partial charge in [0.05, 0.1) is 38.7 Å². The first-order valence-electron chi connectivity index (χ1n) is 6.43. The first-order valence-corrected chi connectivity index (χ1v) is 7.91. The van der Waals surface area contributed by atoms with Crippen LogP contribution in [0.3, 0.4) is 0 Å². The number of ether oxygens (including phenoxy) is 2. The molecule has 1 saturated heterocycles. The second-order valence-electron chi connectivity index (χ2n) is 5.70. The molecule has 0 atom stereocenters. The summed E-state index contributed by atoms with van der Waals surface area (Å²) in [5.41, 5.74) is -0.345. The molecule has 1 aromatic heterocycles. The zero-order valence-corrected chi connectivity index (χ0v) is 12.7. The summed E-state index contributed by atoms with van der Waals surface area (Å²) in [4.78, 5) is 4.02. The highest BCUT2D eigenvalue weighted by Crippen LogP contribution is 2.23. The highest BCUT2D eigenvalue weighted by molar-refractivity contribution is 7.89. The van der Waals surface area contributed by atoms with Gasteiger partial charge in [0.2, 0.25) is 5.89 Å². The quantitative estimate of drug-likeness (QED) is 0.882. The largest absolute Gasteiger partial charge is 0.427 e. The van der Waals surface area contributed by atoms with Crippen molar-refractivity contribution in [3.05, 3.63) is 12.1 Å². The summed E-state index contributed by atoms with van der Waals surface area (Å²) >= 11 is 0. The number of rotatable bonds is 3. The molecule has 1 N–H and O–H groups in total. The van der Waals surface area contributed by atoms with E-state index in [1.807, 2.05) is 20.8 Å². The summed E-state index contributed by atoms with van der Waals surface area (Å²) in [5.74, 6) is 0.381. The minimum absolute atomic E-state index is 0.188. The van der Waals surface area contributed by atoms with Crippen LogP contribution in [0.2, 0.25) is 0 Å². The average molecular weight is 304 g/mol. The highest BCUT2D eigenvalue weighted by Gasteiger charge is 2.28. The molecule has 0 aromatic carbocycles. The van der Waals surface area contributed by atoms with Crippen molar-refractivity contribution in [2.75, 3.05) is 26.4 Å². The van der Waals surface area contributed by atoms with Crippen LogP contribution in [0.1, 0.15) is 26.7 Å². The Bertz CT molecular complexity index is 538. The predicted octanol–water partition coefficient (Wildman–Crippen LogP) is 0.666. The van der Waals surface area contributed by atoms with Crippen LogP contribution in [-0.2, 0) is 24.9 Å². The molecule has 2 heterocycles. The predicted molar refractivity (Wildman–Crippen MR) is 71.0 cm³/mol. The van der Waals surface area contributed by atoms with Crippen molar-refractivity contribution >= 4 is 10.0 Å². The maximum atomic E-state index is 12.2. The SMILES string of the molecule is CC(C)(C)c1ncc(S(=O)(=O)NC2COCCOC2)o1. The Labute approximate surface area is 118 Å². The van der Waals surface area contributed by atoms with Crippen LogP contribution in [0.15, 0.2) is 15.7 Å². The Hall–Kier alpha value is -0.960. The van der Waals surface area contributed by atoms with Gasteiger partial charge in [0, 0.05) is 5.41 Å². The maximum Gasteiger partial charge on any atom is 0.276 e. The van der Waals surface area contributed by atoms with E-state index >= 15 is 0 Å². The summed E-state index contributed by atoms with van der Waals surface area (Å²) < 4.78 is 42.7. The van der Waals surface area contributed by atoms with Crippen molar-refractivity contribution in [1.82, 2.24) is 9.71 Å². The van der Waals surface area contributed by atoms with Crippen LogP contribution >= 0.6 is 0 Å². The molecule has 114 valence electrons. The molecule has 1 aliphatic rings. The lowest BCUT2D eigenvalue weighted by atomic mass is 9.97. The van der Waals surface area contributed by atoms with Gasteiger partial charge in [-0.05, 0) is 0 Å². The van der Waals surface area contributed by atoms with Crippen molar-refractivity contribution in [2.45, 2.75) is 37.3 Å². The van der Waals surface area contributed by atoms with Crippen molar-refractivity contribution in [3.8, 4) is 0 Å². The molecular weight excluding hydrogens is 284 g/mol. The Balaban J connectivity index is 2.11. The van der Waals surface area contributed by atoms with Gasteiger partial charge in [-0.25, -0.2) is 18.1 Å². The first kappa shape index (κ1) is 15.4. The van der Waals surface area contributed by atoms with E-state index in [4.69, 9.17) is 13.9 Å². The van der Waals surface area contributed by atoms with Crippen LogP contribution in [0.5, 0.6) is 0 Å². The Morgan fingerprint density at radius 1 is 1.25 bits per heavy atom. The molecule has 0 radical (unpaired) electrons. The van der Waals surface area contributed by atoms with E-state index < -0.39 is 16.1 Å². The second-order valence-corrected chi connectivity index (χ2v) is 7.35. The van der Waals surface area contributed by atoms with Crippen LogP contribution in [0.4, 0.5) is 0 Å². The molecule has 0 amide bonds. The maximum absolute atomic E-state index is 12.2. The molecule has 7 nitrogen and oxygen atoms in total. The summed E-state index contributed by atoms with van der Waals surface area (Å²) in [5, 5.41) is -0.188. The van der Waals surface area contributed by atoms with Gasteiger partial charge >= 0.3 is 0 Å². The first-order chi connectivity index (χ1) is 9.29. The van der Waals surface area contributed by atoms with Crippen LogP contribution < -0.4 is 4.72 Å². The summed E-state index contributed by atoms with van der Waals surface area (Å²) in [7, 11) is -3.75.